The first-order valence-corrected chi connectivity index (χ1v) is 10.9. The molecule has 3 heterocycles. The second-order valence-electron chi connectivity index (χ2n) is 6.97. The number of aromatic hydroxyl groups is 1. The minimum absolute atomic E-state index is 0. The molecule has 0 spiro atoms. The topological polar surface area (TPSA) is 200 Å². The van der Waals surface area contributed by atoms with Gasteiger partial charge in [0, 0.05) is 12.6 Å². The average molecular weight is 502 g/mol. The summed E-state index contributed by atoms with van der Waals surface area (Å²) in [6, 6.07) is 5.27. The molecule has 1 saturated heterocycles. The molecule has 1 amide bonds. The second kappa shape index (κ2) is 10.5. The zero-order valence-electron chi connectivity index (χ0n) is 18.0. The van der Waals surface area contributed by atoms with Gasteiger partial charge < -0.3 is 34.9 Å². The Morgan fingerprint density at radius 2 is 1.97 bits per heavy atom. The number of amides is 1. The van der Waals surface area contributed by atoms with Crippen LogP contribution < -0.4 is 34.9 Å². The number of carbonyl (C=O) groups excluding carboxylic acids is 1. The van der Waals surface area contributed by atoms with Crippen molar-refractivity contribution in [3.63, 3.8) is 0 Å². The van der Waals surface area contributed by atoms with Gasteiger partial charge in [0.2, 0.25) is 10.3 Å². The van der Waals surface area contributed by atoms with Gasteiger partial charge in [-0.1, -0.05) is 12.1 Å². The summed E-state index contributed by atoms with van der Waals surface area (Å²) in [6.07, 6.45) is -2.81. The van der Waals surface area contributed by atoms with E-state index in [0.717, 1.165) is 0 Å². The van der Waals surface area contributed by atoms with Crippen LogP contribution in [0.25, 0.3) is 15.9 Å². The van der Waals surface area contributed by atoms with Gasteiger partial charge in [0.05, 0.1) is 18.8 Å². The molecule has 0 bridgehead atoms. The van der Waals surface area contributed by atoms with Crippen molar-refractivity contribution in [2.45, 2.75) is 24.5 Å². The fourth-order valence-corrected chi connectivity index (χ4v) is 3.96. The maximum Gasteiger partial charge on any atom is 1.00 e. The van der Waals surface area contributed by atoms with E-state index in [4.69, 9.17) is 8.92 Å². The number of aliphatic hydroxyl groups excluding tert-OH is 2. The standard InChI is InChI=1S/C18H20N6O8S.Na/c1-19-15-12-16(21-7-20-15)24(8-22-12)18-14(27)13(26)11(32-18)6-31-33(29,30)23-17(28)9-4-2-3-5-10(9)25;/h2-5,7-8,11,13-14,18,26-27H,6H2,1H3,(H3,19,20,21,23,25,28);/q;+1/p-1/t11-,13-,14-,18-;/m1./s1. The number of imidazole rings is 1. The van der Waals surface area contributed by atoms with Crippen molar-refractivity contribution in [3.05, 3.63) is 47.2 Å². The number of phenolic OH excluding ortho intramolecular Hbond substituents is 1. The molecule has 3 aromatic rings. The second-order valence-corrected chi connectivity index (χ2v) is 8.24. The molecule has 0 saturated carbocycles. The Morgan fingerprint density at radius 1 is 1.24 bits per heavy atom. The number of benzene rings is 1. The fourth-order valence-electron chi connectivity index (χ4n) is 3.30. The Morgan fingerprint density at radius 3 is 2.68 bits per heavy atom. The number of nitrogens with zero attached hydrogens (tertiary/aromatic N) is 5. The molecule has 2 aromatic heterocycles. The molecule has 176 valence electrons. The van der Waals surface area contributed by atoms with E-state index in [2.05, 4.69) is 25.0 Å². The molecule has 1 aliphatic rings. The van der Waals surface area contributed by atoms with E-state index in [0.29, 0.717) is 17.0 Å². The van der Waals surface area contributed by atoms with Crippen LogP contribution >= 0.6 is 0 Å². The number of para-hydroxylation sites is 1. The molecule has 14 nitrogen and oxygen atoms in total. The van der Waals surface area contributed by atoms with E-state index >= 15 is 0 Å². The largest absolute Gasteiger partial charge is 1.00 e. The molecule has 0 radical (unpaired) electrons. The zero-order valence-corrected chi connectivity index (χ0v) is 20.8. The van der Waals surface area contributed by atoms with Crippen LogP contribution in [0.2, 0.25) is 0 Å². The van der Waals surface area contributed by atoms with Crippen molar-refractivity contribution in [2.24, 2.45) is 0 Å². The van der Waals surface area contributed by atoms with E-state index in [1.807, 2.05) is 0 Å². The molecular weight excluding hydrogens is 483 g/mol. The molecule has 16 heteroatoms. The third-order valence-corrected chi connectivity index (χ3v) is 5.74. The van der Waals surface area contributed by atoms with Crippen LogP contribution in [0.3, 0.4) is 0 Å². The fraction of sp³-hybridized carbons (Fsp3) is 0.333. The van der Waals surface area contributed by atoms with Crippen molar-refractivity contribution < 1.29 is 67.0 Å². The van der Waals surface area contributed by atoms with E-state index in [-0.39, 0.29) is 35.1 Å². The monoisotopic (exact) mass is 502 g/mol. The van der Waals surface area contributed by atoms with Gasteiger partial charge in [-0.25, -0.2) is 23.4 Å². The molecule has 1 fully saturated rings. The van der Waals surface area contributed by atoms with E-state index in [1.165, 1.54) is 41.5 Å². The third kappa shape index (κ3) is 5.16. The summed E-state index contributed by atoms with van der Waals surface area (Å²) in [7, 11) is -3.10. The van der Waals surface area contributed by atoms with Crippen LogP contribution in [0.5, 0.6) is 5.75 Å². The van der Waals surface area contributed by atoms with Crippen molar-refractivity contribution >= 4 is 33.2 Å². The molecule has 0 aliphatic carbocycles. The number of nitrogens with one attached hydrogen (secondary N) is 1. The predicted molar refractivity (Wildman–Crippen MR) is 111 cm³/mol. The van der Waals surface area contributed by atoms with Gasteiger partial charge in [0.1, 0.15) is 35.9 Å². The van der Waals surface area contributed by atoms with Gasteiger partial charge in [0.25, 0.3) is 0 Å². The Bertz CT molecular complexity index is 1290. The molecular formula is C18H19N6NaO8S. The van der Waals surface area contributed by atoms with Gasteiger partial charge in [0.15, 0.2) is 17.7 Å². The number of rotatable bonds is 7. The van der Waals surface area contributed by atoms with Crippen LogP contribution in [-0.2, 0) is 19.2 Å². The van der Waals surface area contributed by atoms with Crippen LogP contribution in [-0.4, -0.2) is 81.1 Å². The number of phenols is 1. The summed E-state index contributed by atoms with van der Waals surface area (Å²) in [4.78, 5) is 24.4. The number of hydrogen-bond donors (Lipinski definition) is 4. The van der Waals surface area contributed by atoms with Gasteiger partial charge in [-0.15, -0.1) is 0 Å². The molecule has 0 unspecified atom stereocenters. The number of aliphatic hydroxyl groups is 2. The van der Waals surface area contributed by atoms with Gasteiger partial charge in [-0.2, -0.15) is 0 Å². The number of aromatic nitrogens is 4. The number of fused-ring (bicyclic) bond motifs is 1. The van der Waals surface area contributed by atoms with Crippen molar-refractivity contribution in [3.8, 4) is 5.75 Å². The first-order valence-electron chi connectivity index (χ1n) is 9.53. The summed E-state index contributed by atoms with van der Waals surface area (Å²) in [5.41, 5.74) is 0.379. The number of hydrogen-bond acceptors (Lipinski definition) is 12. The maximum absolute atomic E-state index is 12.1. The van der Waals surface area contributed by atoms with Gasteiger partial charge >= 0.3 is 29.6 Å². The normalized spacial score (nSPS) is 22.3. The summed E-state index contributed by atoms with van der Waals surface area (Å²) in [6.45, 7) is -0.738. The molecule has 4 N–H and O–H groups in total. The van der Waals surface area contributed by atoms with Gasteiger partial charge in [-0.3, -0.25) is 8.75 Å². The summed E-state index contributed by atoms with van der Waals surface area (Å²) >= 11 is 0. The minimum atomic E-state index is -4.75. The first kappa shape index (κ1) is 26.2. The van der Waals surface area contributed by atoms with Crippen LogP contribution in [0.4, 0.5) is 5.82 Å². The van der Waals surface area contributed by atoms with Crippen LogP contribution in [0, 0.1) is 0 Å². The van der Waals surface area contributed by atoms with Crippen molar-refractivity contribution in [1.82, 2.24) is 19.5 Å². The number of anilines is 1. The van der Waals surface area contributed by atoms with Crippen molar-refractivity contribution in [2.75, 3.05) is 19.0 Å². The number of carbonyl (C=O) groups is 1. The molecule has 1 aliphatic heterocycles. The van der Waals surface area contributed by atoms with Gasteiger partial charge in [-0.05, 0) is 12.1 Å². The third-order valence-electron chi connectivity index (χ3n) is 4.92. The Balaban J connectivity index is 0.00000324. The molecule has 34 heavy (non-hydrogen) atoms. The van der Waals surface area contributed by atoms with Crippen molar-refractivity contribution in [1.29, 1.82) is 0 Å². The van der Waals surface area contributed by atoms with Crippen LogP contribution in [0.15, 0.2) is 36.9 Å². The van der Waals surface area contributed by atoms with E-state index < -0.39 is 53.1 Å². The first-order chi connectivity index (χ1) is 15.7. The van der Waals surface area contributed by atoms with E-state index in [9.17, 15) is 28.5 Å². The molecule has 4 rings (SSSR count). The SMILES string of the molecule is CNc1ncnc2c1ncn2[C@@H]1O[C@H](COS(=O)(=O)[N-]C(=O)c2ccccc2O)[C@@H](O)[C@H]1O.[Na+]. The van der Waals surface area contributed by atoms with Crippen LogP contribution in [0.1, 0.15) is 16.6 Å². The molecule has 4 atom stereocenters. The quantitative estimate of drug-likeness (QED) is 0.235. The maximum atomic E-state index is 12.1. The Kier molecular flexibility index (Phi) is 8.10. The minimum Gasteiger partial charge on any atom is -0.518 e. The Hall–Kier alpha value is -2.37. The predicted octanol–water partition coefficient (Wildman–Crippen LogP) is -3.33. The average Bonchev–Trinajstić information content (AvgIpc) is 3.33. The molecule has 1 aromatic carbocycles. The van der Waals surface area contributed by atoms with E-state index in [1.54, 1.807) is 7.05 Å². The summed E-state index contributed by atoms with van der Waals surface area (Å²) in [5.74, 6) is -1.24. The Labute approximate surface area is 215 Å². The summed E-state index contributed by atoms with van der Waals surface area (Å²) in [5, 5.41) is 33.3. The number of ether oxygens (including phenoxy) is 1. The zero-order chi connectivity index (χ0) is 23.8. The summed E-state index contributed by atoms with van der Waals surface area (Å²) < 4.78 is 38.8. The smallest absolute Gasteiger partial charge is 0.518 e.